The van der Waals surface area contributed by atoms with E-state index in [0.29, 0.717) is 16.7 Å². The van der Waals surface area contributed by atoms with Crippen molar-refractivity contribution in [1.29, 1.82) is 0 Å². The van der Waals surface area contributed by atoms with Gasteiger partial charge in [-0.05, 0) is 44.7 Å². The average Bonchev–Trinajstić information content (AvgIpc) is 3.75. The topological polar surface area (TPSA) is 120 Å². The van der Waals surface area contributed by atoms with Gasteiger partial charge in [0.1, 0.15) is 24.2 Å². The summed E-state index contributed by atoms with van der Waals surface area (Å²) in [6.07, 6.45) is 8.40. The monoisotopic (exact) mass is 666 g/mol. The van der Waals surface area contributed by atoms with Gasteiger partial charge in [-0.1, -0.05) is 94.4 Å². The third-order valence-electron chi connectivity index (χ3n) is 9.08. The Balaban J connectivity index is 0.000000157. The second-order valence-electron chi connectivity index (χ2n) is 12.6. The van der Waals surface area contributed by atoms with Crippen LogP contribution in [0.5, 0.6) is 0 Å². The fourth-order valence-corrected chi connectivity index (χ4v) is 7.11. The number of hydrogen-bond acceptors (Lipinski definition) is 8. The van der Waals surface area contributed by atoms with Crippen molar-refractivity contribution in [2.24, 2.45) is 5.92 Å². The molecule has 2 unspecified atom stereocenters. The highest BCUT2D eigenvalue weighted by Crippen LogP contribution is 2.28. The summed E-state index contributed by atoms with van der Waals surface area (Å²) in [5.74, 6) is 0.399. The van der Waals surface area contributed by atoms with Crippen LogP contribution in [0.3, 0.4) is 0 Å². The van der Waals surface area contributed by atoms with E-state index in [4.69, 9.17) is 0 Å². The molecule has 3 aromatic carbocycles. The number of amides is 1. The van der Waals surface area contributed by atoms with Gasteiger partial charge in [0, 0.05) is 28.3 Å². The van der Waals surface area contributed by atoms with Crippen molar-refractivity contribution in [1.82, 2.24) is 24.5 Å². The first-order chi connectivity index (χ1) is 23.7. The molecular formula is C39H34N6O3S. The van der Waals surface area contributed by atoms with E-state index in [-0.39, 0.29) is 35.9 Å². The summed E-state index contributed by atoms with van der Waals surface area (Å²) in [4.78, 5) is 53.7. The Kier molecular flexibility index (Phi) is 8.56. The maximum Gasteiger partial charge on any atom is 0.246 e. The van der Waals surface area contributed by atoms with Crippen LogP contribution in [0.2, 0.25) is 0 Å². The summed E-state index contributed by atoms with van der Waals surface area (Å²) < 4.78 is 1.71. The van der Waals surface area contributed by atoms with Crippen molar-refractivity contribution in [3.63, 3.8) is 0 Å². The lowest BCUT2D eigenvalue weighted by Gasteiger charge is -2.23. The molecule has 2 aliphatic carbocycles. The predicted octanol–water partition coefficient (Wildman–Crippen LogP) is 6.15. The van der Waals surface area contributed by atoms with Crippen LogP contribution in [0, 0.1) is 5.92 Å². The Hall–Kier alpha value is -5.61. The van der Waals surface area contributed by atoms with Crippen LogP contribution in [-0.4, -0.2) is 42.0 Å². The number of hydrogen-bond donors (Lipinski definition) is 1. The fourth-order valence-electron chi connectivity index (χ4n) is 6.38. The minimum atomic E-state index is -0.172. The van der Waals surface area contributed by atoms with E-state index in [9.17, 15) is 14.4 Å². The predicted molar refractivity (Wildman–Crippen MR) is 193 cm³/mol. The van der Waals surface area contributed by atoms with Crippen LogP contribution < -0.4 is 15.8 Å². The molecule has 49 heavy (non-hydrogen) atoms. The van der Waals surface area contributed by atoms with Gasteiger partial charge >= 0.3 is 0 Å². The van der Waals surface area contributed by atoms with E-state index in [1.54, 1.807) is 23.2 Å². The Morgan fingerprint density at radius 3 is 2.49 bits per heavy atom. The normalized spacial score (nSPS) is 16.1. The molecule has 2 atom stereocenters. The molecule has 10 heteroatoms. The van der Waals surface area contributed by atoms with E-state index in [0.717, 1.165) is 49.5 Å². The molecule has 3 heterocycles. The molecule has 6 aromatic rings. The van der Waals surface area contributed by atoms with Gasteiger partial charge in [-0.3, -0.25) is 14.4 Å². The molecule has 0 fully saturated rings. The van der Waals surface area contributed by atoms with Crippen molar-refractivity contribution >= 4 is 57.3 Å². The molecule has 0 bridgehead atoms. The first kappa shape index (κ1) is 32.0. The SMILES string of the molecule is CC(C)c1ccc(-c2csc(NC(=O)Cn3cnc4ncncc43)n2)cc1.CC1C=c2c(ccc3c2=CC(=O)c2ccccc2-3)C(C)C1=O. The summed E-state index contributed by atoms with van der Waals surface area (Å²) in [6, 6.07) is 20.2. The number of ketones is 2. The van der Waals surface area contributed by atoms with Gasteiger partial charge in [-0.2, -0.15) is 0 Å². The van der Waals surface area contributed by atoms with Crippen molar-refractivity contribution in [2.45, 2.75) is 46.1 Å². The summed E-state index contributed by atoms with van der Waals surface area (Å²) >= 11 is 1.41. The van der Waals surface area contributed by atoms with Gasteiger partial charge in [0.25, 0.3) is 0 Å². The first-order valence-corrected chi connectivity index (χ1v) is 17.1. The minimum Gasteiger partial charge on any atom is -0.318 e. The summed E-state index contributed by atoms with van der Waals surface area (Å²) in [5, 5.41) is 7.38. The molecule has 0 aliphatic heterocycles. The molecule has 244 valence electrons. The highest BCUT2D eigenvalue weighted by atomic mass is 32.1. The summed E-state index contributed by atoms with van der Waals surface area (Å²) in [5.41, 5.74) is 8.32. The van der Waals surface area contributed by atoms with Gasteiger partial charge in [-0.25, -0.2) is 19.9 Å². The zero-order chi connectivity index (χ0) is 34.2. The number of fused-ring (bicyclic) bond motifs is 6. The summed E-state index contributed by atoms with van der Waals surface area (Å²) in [7, 11) is 0. The maximum atomic E-state index is 12.4. The van der Waals surface area contributed by atoms with Gasteiger partial charge in [0.2, 0.25) is 5.91 Å². The number of anilines is 1. The van der Waals surface area contributed by atoms with Crippen molar-refractivity contribution in [3.8, 4) is 22.4 Å². The van der Waals surface area contributed by atoms with Crippen LogP contribution in [0.1, 0.15) is 61.0 Å². The Morgan fingerprint density at radius 1 is 0.939 bits per heavy atom. The van der Waals surface area contributed by atoms with Crippen LogP contribution in [-0.2, 0) is 16.1 Å². The summed E-state index contributed by atoms with van der Waals surface area (Å²) in [6.45, 7) is 8.35. The van der Waals surface area contributed by atoms with Crippen molar-refractivity contribution in [2.75, 3.05) is 5.32 Å². The molecule has 1 amide bonds. The number of Topliss-reactive ketones (excluding diaryl/α,β-unsaturated/α-hetero) is 2. The van der Waals surface area contributed by atoms with E-state index in [1.165, 1.54) is 23.2 Å². The lowest BCUT2D eigenvalue weighted by atomic mass is 9.79. The smallest absolute Gasteiger partial charge is 0.246 e. The van der Waals surface area contributed by atoms with E-state index in [1.807, 2.05) is 61.7 Å². The Morgan fingerprint density at radius 2 is 1.71 bits per heavy atom. The number of nitrogens with one attached hydrogen (secondary N) is 1. The zero-order valence-electron chi connectivity index (χ0n) is 27.5. The second-order valence-corrected chi connectivity index (χ2v) is 13.5. The number of benzene rings is 3. The van der Waals surface area contributed by atoms with Gasteiger partial charge < -0.3 is 9.88 Å². The average molecular weight is 667 g/mol. The number of aromatic nitrogens is 5. The van der Waals surface area contributed by atoms with E-state index in [2.05, 4.69) is 63.4 Å². The lowest BCUT2D eigenvalue weighted by molar-refractivity contribution is -0.122. The fraction of sp³-hybridized carbons (Fsp3) is 0.205. The van der Waals surface area contributed by atoms with Crippen LogP contribution >= 0.6 is 11.3 Å². The molecule has 0 saturated heterocycles. The highest BCUT2D eigenvalue weighted by molar-refractivity contribution is 7.14. The minimum absolute atomic E-state index is 0.0436. The molecule has 3 aromatic heterocycles. The first-order valence-electron chi connectivity index (χ1n) is 16.2. The number of carbonyl (C=O) groups excluding carboxylic acids is 3. The van der Waals surface area contributed by atoms with Crippen LogP contribution in [0.25, 0.3) is 45.7 Å². The molecule has 8 rings (SSSR count). The number of thiazole rings is 1. The number of carbonyl (C=O) groups is 3. The van der Waals surface area contributed by atoms with Gasteiger partial charge in [0.15, 0.2) is 16.6 Å². The van der Waals surface area contributed by atoms with Crippen LogP contribution in [0.4, 0.5) is 5.13 Å². The molecule has 9 nitrogen and oxygen atoms in total. The quantitative estimate of drug-likeness (QED) is 0.235. The maximum absolute atomic E-state index is 12.4. The van der Waals surface area contributed by atoms with E-state index >= 15 is 0 Å². The molecule has 0 saturated carbocycles. The second kappa shape index (κ2) is 13.1. The van der Waals surface area contributed by atoms with Crippen molar-refractivity contribution < 1.29 is 14.4 Å². The Bertz CT molecular complexity index is 2370. The van der Waals surface area contributed by atoms with Crippen LogP contribution in [0.15, 0.2) is 84.9 Å². The molecule has 2 aliphatic rings. The number of nitrogens with zero attached hydrogens (tertiary/aromatic N) is 5. The number of imidazole rings is 1. The standard InChI is InChI=1S/C20H16O2.C19H18N6OS/c1-11-9-17-13(12(2)20(11)22)7-8-15-14-5-3-4-6-16(14)19(21)10-18(15)17;1-12(2)13-3-5-14(6-4-13)15-9-27-19(23-15)24-17(26)8-25-11-22-18-16(25)7-20-10-21-18/h3-12H,1-2H3;3-7,9-12H,8H2,1-2H3,(H,23,24,26). The molecule has 0 radical (unpaired) electrons. The molecule has 1 N–H and O–H groups in total. The third-order valence-corrected chi connectivity index (χ3v) is 9.83. The van der Waals surface area contributed by atoms with E-state index < -0.39 is 0 Å². The Labute approximate surface area is 287 Å². The lowest BCUT2D eigenvalue weighted by Crippen LogP contribution is -2.40. The molecule has 0 spiro atoms. The zero-order valence-corrected chi connectivity index (χ0v) is 28.4. The van der Waals surface area contributed by atoms with Crippen molar-refractivity contribution in [3.05, 3.63) is 112 Å². The largest absolute Gasteiger partial charge is 0.318 e. The number of rotatable bonds is 5. The highest BCUT2D eigenvalue weighted by Gasteiger charge is 2.27. The molecular weight excluding hydrogens is 633 g/mol. The van der Waals surface area contributed by atoms with Gasteiger partial charge in [-0.15, -0.1) is 11.3 Å². The van der Waals surface area contributed by atoms with Gasteiger partial charge in [0.05, 0.1) is 18.2 Å². The third kappa shape index (κ3) is 6.23.